The molecule has 0 radical (unpaired) electrons. The lowest BCUT2D eigenvalue weighted by atomic mass is 10.3. The molecule has 0 aliphatic carbocycles. The Balaban J connectivity index is 0.00000361. The molecule has 112 valence electrons. The van der Waals surface area contributed by atoms with E-state index < -0.39 is 0 Å². The molecule has 7 heteroatoms. The van der Waals surface area contributed by atoms with Crippen molar-refractivity contribution in [2.75, 3.05) is 11.9 Å². The number of nitrogens with zero attached hydrogens (tertiary/aromatic N) is 1. The lowest BCUT2D eigenvalue weighted by molar-refractivity contribution is -0.114. The average Bonchev–Trinajstić information content (AvgIpc) is 2.36. The van der Waals surface area contributed by atoms with E-state index in [-0.39, 0.29) is 42.5 Å². The molecule has 1 aromatic rings. The number of rotatable bonds is 5. The number of anilines is 1. The van der Waals surface area contributed by atoms with Crippen LogP contribution in [0.5, 0.6) is 0 Å². The highest BCUT2D eigenvalue weighted by atomic mass is 127. The fourth-order valence-corrected chi connectivity index (χ4v) is 1.72. The van der Waals surface area contributed by atoms with Crippen molar-refractivity contribution in [1.29, 1.82) is 0 Å². The first-order chi connectivity index (χ1) is 9.01. The van der Waals surface area contributed by atoms with Crippen LogP contribution < -0.4 is 16.4 Å². The summed E-state index contributed by atoms with van der Waals surface area (Å²) in [6, 6.07) is 7.62. The number of hydrogen-bond acceptors (Lipinski definition) is 2. The number of amides is 1. The zero-order valence-corrected chi connectivity index (χ0v) is 15.4. The maximum Gasteiger partial charge on any atom is 0.246 e. The van der Waals surface area contributed by atoms with Crippen LogP contribution in [0.4, 0.5) is 5.69 Å². The van der Waals surface area contributed by atoms with Gasteiger partial charge in [0.15, 0.2) is 5.96 Å². The Morgan fingerprint density at radius 3 is 2.80 bits per heavy atom. The number of nitrogens with one attached hydrogen (secondary N) is 2. The normalized spacial score (nSPS) is 12.2. The smallest absolute Gasteiger partial charge is 0.246 e. The molecule has 5 nitrogen and oxygen atoms in total. The predicted octanol–water partition coefficient (Wildman–Crippen LogP) is 2.71. The van der Waals surface area contributed by atoms with Gasteiger partial charge in [-0.05, 0) is 31.5 Å². The molecule has 0 aliphatic rings. The first kappa shape index (κ1) is 19.2. The van der Waals surface area contributed by atoms with Gasteiger partial charge in [-0.3, -0.25) is 4.79 Å². The van der Waals surface area contributed by atoms with E-state index in [1.165, 1.54) is 0 Å². The molecular weight excluding hydrogens is 435 g/mol. The predicted molar refractivity (Wildman–Crippen MR) is 97.6 cm³/mol. The number of nitrogens with two attached hydrogens (primary N) is 1. The molecule has 1 rings (SSSR count). The lowest BCUT2D eigenvalue weighted by Gasteiger charge is -2.11. The van der Waals surface area contributed by atoms with Crippen LogP contribution >= 0.6 is 39.9 Å². The fraction of sp³-hybridized carbons (Fsp3) is 0.385. The summed E-state index contributed by atoms with van der Waals surface area (Å²) < 4.78 is 0.909. The lowest BCUT2D eigenvalue weighted by Crippen LogP contribution is -2.38. The van der Waals surface area contributed by atoms with Crippen LogP contribution in [0.25, 0.3) is 0 Å². The summed E-state index contributed by atoms with van der Waals surface area (Å²) in [5.74, 6) is 0.0887. The number of hydrogen-bond donors (Lipinski definition) is 3. The van der Waals surface area contributed by atoms with Crippen molar-refractivity contribution < 1.29 is 4.79 Å². The number of guanidine groups is 1. The molecular formula is C13H20BrIN4O. The molecule has 1 unspecified atom stereocenters. The van der Waals surface area contributed by atoms with E-state index >= 15 is 0 Å². The minimum absolute atomic E-state index is 0. The number of carbonyl (C=O) groups is 1. The first-order valence-corrected chi connectivity index (χ1v) is 6.92. The van der Waals surface area contributed by atoms with Crippen molar-refractivity contribution in [3.05, 3.63) is 28.7 Å². The third-order valence-electron chi connectivity index (χ3n) is 2.51. The van der Waals surface area contributed by atoms with Gasteiger partial charge < -0.3 is 16.4 Å². The number of halogens is 2. The van der Waals surface area contributed by atoms with Gasteiger partial charge in [-0.15, -0.1) is 24.0 Å². The van der Waals surface area contributed by atoms with E-state index in [1.54, 1.807) is 0 Å². The molecule has 0 bridgehead atoms. The van der Waals surface area contributed by atoms with Crippen LogP contribution in [-0.2, 0) is 4.79 Å². The Kier molecular flexibility index (Phi) is 9.56. The van der Waals surface area contributed by atoms with Crippen molar-refractivity contribution in [1.82, 2.24) is 5.32 Å². The van der Waals surface area contributed by atoms with E-state index in [0.717, 1.165) is 16.6 Å². The van der Waals surface area contributed by atoms with Crippen molar-refractivity contribution >= 4 is 57.5 Å². The van der Waals surface area contributed by atoms with Crippen LogP contribution in [0.15, 0.2) is 33.7 Å². The molecule has 0 saturated heterocycles. The van der Waals surface area contributed by atoms with Gasteiger partial charge in [0.1, 0.15) is 6.54 Å². The van der Waals surface area contributed by atoms with E-state index in [1.807, 2.05) is 38.1 Å². The second-order valence-electron chi connectivity index (χ2n) is 4.21. The van der Waals surface area contributed by atoms with E-state index in [4.69, 9.17) is 5.73 Å². The van der Waals surface area contributed by atoms with Gasteiger partial charge in [0.05, 0.1) is 0 Å². The van der Waals surface area contributed by atoms with Gasteiger partial charge >= 0.3 is 0 Å². The monoisotopic (exact) mass is 454 g/mol. The molecule has 1 amide bonds. The summed E-state index contributed by atoms with van der Waals surface area (Å²) in [7, 11) is 0. The SMILES string of the molecule is CCC(C)NC(N)=NCC(=O)Nc1cccc(Br)c1.I. The Hall–Kier alpha value is -0.830. The van der Waals surface area contributed by atoms with Crippen molar-refractivity contribution in [3.63, 3.8) is 0 Å². The molecule has 0 spiro atoms. The van der Waals surface area contributed by atoms with E-state index in [0.29, 0.717) is 5.96 Å². The standard InChI is InChI=1S/C13H19BrN4O.HI/c1-3-9(2)17-13(15)16-8-12(19)18-11-6-4-5-10(14)7-11;/h4-7,9H,3,8H2,1-2H3,(H,18,19)(H3,15,16,17);1H. The summed E-state index contributed by atoms with van der Waals surface area (Å²) in [6.45, 7) is 4.05. The van der Waals surface area contributed by atoms with Crippen LogP contribution in [0.3, 0.4) is 0 Å². The molecule has 20 heavy (non-hydrogen) atoms. The minimum Gasteiger partial charge on any atom is -0.370 e. The third-order valence-corrected chi connectivity index (χ3v) is 3.00. The first-order valence-electron chi connectivity index (χ1n) is 6.13. The van der Waals surface area contributed by atoms with Gasteiger partial charge in [-0.25, -0.2) is 4.99 Å². The van der Waals surface area contributed by atoms with Crippen LogP contribution in [0.1, 0.15) is 20.3 Å². The number of carbonyl (C=O) groups excluding carboxylic acids is 1. The molecule has 4 N–H and O–H groups in total. The Morgan fingerprint density at radius 1 is 1.50 bits per heavy atom. The van der Waals surface area contributed by atoms with Crippen LogP contribution in [0, 0.1) is 0 Å². The highest BCUT2D eigenvalue weighted by molar-refractivity contribution is 14.0. The Bertz CT molecular complexity index is 467. The fourth-order valence-electron chi connectivity index (χ4n) is 1.32. The second kappa shape index (κ2) is 9.98. The highest BCUT2D eigenvalue weighted by Gasteiger charge is 2.03. The Labute approximate surface area is 144 Å². The highest BCUT2D eigenvalue weighted by Crippen LogP contribution is 2.15. The van der Waals surface area contributed by atoms with Gasteiger partial charge in [0.2, 0.25) is 5.91 Å². The molecule has 1 atom stereocenters. The largest absolute Gasteiger partial charge is 0.370 e. The molecule has 0 aliphatic heterocycles. The minimum atomic E-state index is -0.202. The summed E-state index contributed by atoms with van der Waals surface area (Å²) in [5.41, 5.74) is 6.39. The van der Waals surface area contributed by atoms with E-state index in [2.05, 4.69) is 31.6 Å². The summed E-state index contributed by atoms with van der Waals surface area (Å²) in [4.78, 5) is 15.7. The maximum absolute atomic E-state index is 11.7. The average molecular weight is 455 g/mol. The van der Waals surface area contributed by atoms with Crippen molar-refractivity contribution in [2.45, 2.75) is 26.3 Å². The molecule has 1 aromatic carbocycles. The molecule has 0 heterocycles. The second-order valence-corrected chi connectivity index (χ2v) is 5.13. The number of aliphatic imine (C=N–C) groups is 1. The quantitative estimate of drug-likeness (QED) is 0.363. The summed E-state index contributed by atoms with van der Waals surface area (Å²) >= 11 is 3.34. The van der Waals surface area contributed by atoms with E-state index in [9.17, 15) is 4.79 Å². The maximum atomic E-state index is 11.7. The number of benzene rings is 1. The van der Waals surface area contributed by atoms with Gasteiger partial charge in [0.25, 0.3) is 0 Å². The van der Waals surface area contributed by atoms with Gasteiger partial charge in [0, 0.05) is 16.2 Å². The zero-order valence-electron chi connectivity index (χ0n) is 11.5. The third kappa shape index (κ3) is 7.68. The zero-order chi connectivity index (χ0) is 14.3. The molecule has 0 fully saturated rings. The van der Waals surface area contributed by atoms with Crippen molar-refractivity contribution in [2.24, 2.45) is 10.7 Å². The summed E-state index contributed by atoms with van der Waals surface area (Å²) in [5, 5.41) is 5.74. The van der Waals surface area contributed by atoms with Gasteiger partial charge in [-0.1, -0.05) is 28.9 Å². The van der Waals surface area contributed by atoms with Gasteiger partial charge in [-0.2, -0.15) is 0 Å². The Morgan fingerprint density at radius 2 is 2.20 bits per heavy atom. The molecule has 0 aromatic heterocycles. The molecule has 0 saturated carbocycles. The van der Waals surface area contributed by atoms with Crippen molar-refractivity contribution in [3.8, 4) is 0 Å². The van der Waals surface area contributed by atoms with Crippen LogP contribution in [0.2, 0.25) is 0 Å². The summed E-state index contributed by atoms with van der Waals surface area (Å²) in [6.07, 6.45) is 0.945. The topological polar surface area (TPSA) is 79.5 Å². The van der Waals surface area contributed by atoms with Crippen LogP contribution in [-0.4, -0.2) is 24.5 Å².